The smallest absolute Gasteiger partial charge is 0.206 e. The van der Waals surface area contributed by atoms with Crippen molar-refractivity contribution >= 4 is 32.6 Å². The van der Waals surface area contributed by atoms with Crippen LogP contribution in [0.25, 0.3) is 0 Å². The molecular formula is C44H38N4O4S. The van der Waals surface area contributed by atoms with Gasteiger partial charge in [0, 0.05) is 12.8 Å². The van der Waals surface area contributed by atoms with E-state index in [0.29, 0.717) is 24.2 Å². The first-order chi connectivity index (χ1) is 25.9. The van der Waals surface area contributed by atoms with Crippen LogP contribution < -0.4 is 19.5 Å². The Labute approximate surface area is 310 Å². The van der Waals surface area contributed by atoms with E-state index in [1.807, 2.05) is 131 Å². The predicted molar refractivity (Wildman–Crippen MR) is 210 cm³/mol. The van der Waals surface area contributed by atoms with Crippen molar-refractivity contribution in [2.75, 3.05) is 24.2 Å². The summed E-state index contributed by atoms with van der Waals surface area (Å²) in [5, 5.41) is 14.0. The Morgan fingerprint density at radius 2 is 0.906 bits per heavy atom. The van der Waals surface area contributed by atoms with E-state index in [1.54, 1.807) is 50.6 Å². The summed E-state index contributed by atoms with van der Waals surface area (Å²) in [4.78, 5) is 0.371. The van der Waals surface area contributed by atoms with Crippen molar-refractivity contribution in [1.82, 2.24) is 0 Å². The molecule has 0 fully saturated rings. The van der Waals surface area contributed by atoms with E-state index in [-0.39, 0.29) is 21.9 Å². The van der Waals surface area contributed by atoms with Gasteiger partial charge in [-0.05, 0) is 82.9 Å². The zero-order valence-corrected chi connectivity index (χ0v) is 30.2. The number of rotatable bonds is 10. The van der Waals surface area contributed by atoms with Crippen LogP contribution in [-0.2, 0) is 9.84 Å². The second kappa shape index (κ2) is 14.4. The van der Waals surface area contributed by atoms with E-state index in [1.165, 1.54) is 0 Å². The Morgan fingerprint density at radius 3 is 1.28 bits per heavy atom. The van der Waals surface area contributed by atoms with Crippen LogP contribution in [-0.4, -0.2) is 34.1 Å². The molecule has 2 aliphatic heterocycles. The molecule has 0 amide bonds. The van der Waals surface area contributed by atoms with Crippen molar-refractivity contribution in [3.05, 3.63) is 180 Å². The summed E-state index contributed by atoms with van der Waals surface area (Å²) < 4.78 is 39.7. The third-order valence-electron chi connectivity index (χ3n) is 9.82. The maximum Gasteiger partial charge on any atom is 0.206 e. The van der Waals surface area contributed by atoms with E-state index in [4.69, 9.17) is 19.7 Å². The number of ether oxygens (including phenoxy) is 2. The molecule has 2 unspecified atom stereocenters. The number of methoxy groups -OCH3 is 2. The number of hydrogen-bond donors (Lipinski definition) is 0. The van der Waals surface area contributed by atoms with Gasteiger partial charge in [0.1, 0.15) is 11.5 Å². The minimum absolute atomic E-state index is 0.140. The molecule has 8 rings (SSSR count). The Kier molecular flexibility index (Phi) is 9.24. The Hall–Kier alpha value is -6.19. The van der Waals surface area contributed by atoms with Crippen LogP contribution in [0.1, 0.15) is 47.2 Å². The summed E-state index contributed by atoms with van der Waals surface area (Å²) >= 11 is 0. The molecule has 0 spiro atoms. The van der Waals surface area contributed by atoms with Gasteiger partial charge >= 0.3 is 0 Å². The van der Waals surface area contributed by atoms with Crippen LogP contribution in [0.4, 0.5) is 11.4 Å². The molecule has 6 aromatic rings. The van der Waals surface area contributed by atoms with Gasteiger partial charge in [0.05, 0.1) is 58.9 Å². The first-order valence-electron chi connectivity index (χ1n) is 17.5. The van der Waals surface area contributed by atoms with E-state index < -0.39 is 9.84 Å². The Bertz CT molecular complexity index is 2230. The zero-order valence-electron chi connectivity index (χ0n) is 29.4. The lowest BCUT2D eigenvalue weighted by Gasteiger charge is -2.25. The summed E-state index contributed by atoms with van der Waals surface area (Å²) in [5.41, 5.74) is 7.39. The van der Waals surface area contributed by atoms with Gasteiger partial charge in [-0.1, -0.05) is 97.1 Å². The molecule has 0 saturated heterocycles. The largest absolute Gasteiger partial charge is 0.497 e. The molecular weight excluding hydrogens is 681 g/mol. The first kappa shape index (κ1) is 33.9. The third-order valence-corrected chi connectivity index (χ3v) is 11.6. The van der Waals surface area contributed by atoms with Crippen molar-refractivity contribution in [3.8, 4) is 11.5 Å². The molecule has 6 aromatic carbocycles. The highest BCUT2D eigenvalue weighted by Gasteiger charge is 2.33. The van der Waals surface area contributed by atoms with Gasteiger partial charge in [-0.25, -0.2) is 8.42 Å². The zero-order chi connectivity index (χ0) is 36.4. The molecule has 8 nitrogen and oxygen atoms in total. The molecule has 2 atom stereocenters. The Balaban J connectivity index is 1.15. The predicted octanol–water partition coefficient (Wildman–Crippen LogP) is 9.25. The first-order valence-corrected chi connectivity index (χ1v) is 19.0. The number of anilines is 2. The highest BCUT2D eigenvalue weighted by molar-refractivity contribution is 7.91. The third kappa shape index (κ3) is 6.79. The average Bonchev–Trinajstić information content (AvgIpc) is 3.88. The van der Waals surface area contributed by atoms with Gasteiger partial charge in [-0.2, -0.15) is 10.2 Å². The van der Waals surface area contributed by atoms with Crippen LogP contribution in [0.2, 0.25) is 0 Å². The van der Waals surface area contributed by atoms with Gasteiger partial charge < -0.3 is 9.47 Å². The minimum Gasteiger partial charge on any atom is -0.497 e. The van der Waals surface area contributed by atoms with Crippen LogP contribution in [0.5, 0.6) is 11.5 Å². The van der Waals surface area contributed by atoms with Gasteiger partial charge in [-0.15, -0.1) is 0 Å². The molecule has 0 bridgehead atoms. The Morgan fingerprint density at radius 1 is 0.509 bits per heavy atom. The van der Waals surface area contributed by atoms with Gasteiger partial charge in [0.25, 0.3) is 0 Å². The minimum atomic E-state index is -3.94. The monoisotopic (exact) mass is 718 g/mol. The number of hydrogen-bond acceptors (Lipinski definition) is 8. The topological polar surface area (TPSA) is 83.8 Å². The van der Waals surface area contributed by atoms with E-state index in [9.17, 15) is 8.42 Å². The van der Waals surface area contributed by atoms with Crippen molar-refractivity contribution in [1.29, 1.82) is 0 Å². The second-order valence-electron chi connectivity index (χ2n) is 13.0. The normalized spacial score (nSPS) is 17.0. The molecule has 264 valence electrons. The van der Waals surface area contributed by atoms with Gasteiger partial charge in [0.2, 0.25) is 9.84 Å². The molecule has 0 radical (unpaired) electrons. The summed E-state index contributed by atoms with van der Waals surface area (Å²) in [7, 11) is -0.645. The fourth-order valence-corrected chi connectivity index (χ4v) is 8.34. The summed E-state index contributed by atoms with van der Waals surface area (Å²) in [6.45, 7) is 0. The van der Waals surface area contributed by atoms with Crippen molar-refractivity contribution in [2.45, 2.75) is 34.7 Å². The van der Waals surface area contributed by atoms with E-state index in [2.05, 4.69) is 0 Å². The van der Waals surface area contributed by atoms with Gasteiger partial charge in [0.15, 0.2) is 0 Å². The van der Waals surface area contributed by atoms with E-state index >= 15 is 0 Å². The molecule has 0 aliphatic carbocycles. The maximum atomic E-state index is 14.4. The van der Waals surface area contributed by atoms with Crippen molar-refractivity contribution < 1.29 is 17.9 Å². The summed E-state index contributed by atoms with van der Waals surface area (Å²) in [5.74, 6) is 1.54. The standard InChI is InChI=1S/C44H38N4O4S/c1-51-37-23-19-33(20-24-37)43-29-41(31-11-5-3-6-12-31)45-47(43)35-15-9-17-39(27-35)53(49,50)40-18-10-16-36(28-40)48-44(34-21-25-38(52-2)26-22-34)30-42(46-48)32-13-7-4-8-14-32/h3-28,43-44H,29-30H2,1-2H3. The lowest BCUT2D eigenvalue weighted by atomic mass is 9.98. The quantitative estimate of drug-likeness (QED) is 0.141. The van der Waals surface area contributed by atoms with Crippen LogP contribution >= 0.6 is 0 Å². The van der Waals surface area contributed by atoms with Gasteiger partial charge in [-0.3, -0.25) is 10.0 Å². The second-order valence-corrected chi connectivity index (χ2v) is 14.9. The molecule has 53 heavy (non-hydrogen) atoms. The summed E-state index contributed by atoms with van der Waals surface area (Å²) in [6.07, 6.45) is 1.32. The molecule has 0 N–H and O–H groups in total. The molecule has 0 saturated carbocycles. The fraction of sp³-hybridized carbons (Fsp3) is 0.136. The number of benzene rings is 6. The van der Waals surface area contributed by atoms with Crippen molar-refractivity contribution in [3.63, 3.8) is 0 Å². The molecule has 2 heterocycles. The summed E-state index contributed by atoms with van der Waals surface area (Å²) in [6, 6.07) is 49.9. The maximum absolute atomic E-state index is 14.4. The number of nitrogens with zero attached hydrogens (tertiary/aromatic N) is 4. The highest BCUT2D eigenvalue weighted by Crippen LogP contribution is 2.41. The molecule has 0 aromatic heterocycles. The van der Waals surface area contributed by atoms with Crippen LogP contribution in [0, 0.1) is 0 Å². The van der Waals surface area contributed by atoms with Crippen molar-refractivity contribution in [2.24, 2.45) is 10.2 Å². The fourth-order valence-electron chi connectivity index (χ4n) is 7.00. The number of sulfone groups is 1. The lowest BCUT2D eigenvalue weighted by molar-refractivity contribution is 0.414. The average molecular weight is 719 g/mol. The molecule has 9 heteroatoms. The highest BCUT2D eigenvalue weighted by atomic mass is 32.2. The number of hydrazone groups is 2. The van der Waals surface area contributed by atoms with Crippen LogP contribution in [0.3, 0.4) is 0 Å². The molecule has 2 aliphatic rings. The SMILES string of the molecule is COc1ccc(C2CC(c3ccccc3)=NN2c2cccc(S(=O)(=O)c3cccc(N4N=C(c5ccccc5)CC4c4ccc(OC)cc4)c3)c2)cc1. The van der Waals surface area contributed by atoms with E-state index in [0.717, 1.165) is 45.2 Å². The van der Waals surface area contributed by atoms with Crippen LogP contribution in [0.15, 0.2) is 178 Å². The lowest BCUT2D eigenvalue weighted by Crippen LogP contribution is -2.19.